The van der Waals surface area contributed by atoms with Crippen molar-refractivity contribution in [3.63, 3.8) is 0 Å². The van der Waals surface area contributed by atoms with Crippen molar-refractivity contribution in [3.8, 4) is 0 Å². The number of nitrogens with zero attached hydrogens (tertiary/aromatic N) is 3. The maximum absolute atomic E-state index is 12.0. The predicted molar refractivity (Wildman–Crippen MR) is 95.0 cm³/mol. The van der Waals surface area contributed by atoms with Gasteiger partial charge in [-0.3, -0.25) is 4.79 Å². The molecule has 0 radical (unpaired) electrons. The molecule has 2 heterocycles. The van der Waals surface area contributed by atoms with Crippen LogP contribution in [0.25, 0.3) is 11.0 Å². The number of carbonyl (C=O) groups is 1. The van der Waals surface area contributed by atoms with Crippen molar-refractivity contribution in [2.75, 3.05) is 26.3 Å². The molecule has 1 amide bonds. The number of hydrogen-bond acceptors (Lipinski definition) is 3. The second-order valence-electron chi connectivity index (χ2n) is 6.78. The number of fused-ring (bicyclic) bond motifs is 1. The minimum Gasteiger partial charge on any atom is -0.372 e. The van der Waals surface area contributed by atoms with Crippen LogP contribution in [-0.4, -0.2) is 46.7 Å². The monoisotopic (exact) mass is 329 g/mol. The molecule has 0 atom stereocenters. The maximum Gasteiger partial charge on any atom is 0.248 e. The van der Waals surface area contributed by atoms with Gasteiger partial charge in [-0.15, -0.1) is 0 Å². The molecule has 130 valence electrons. The number of hydrogen-bond donors (Lipinski definition) is 0. The Labute approximate surface area is 143 Å². The van der Waals surface area contributed by atoms with Gasteiger partial charge in [-0.1, -0.05) is 0 Å². The normalized spacial score (nSPS) is 16.0. The molecule has 5 nitrogen and oxygen atoms in total. The standard InChI is InChI=1S/C19H27N3O2/c1-4-24-12-19(23)21-7-5-16(6-8-21)11-22-13-20-17-9-14(2)15(3)10-18(17)22/h9-10,13,16H,4-8,11-12H2,1-3H3. The van der Waals surface area contributed by atoms with Gasteiger partial charge in [-0.05, 0) is 62.8 Å². The summed E-state index contributed by atoms with van der Waals surface area (Å²) in [6, 6.07) is 4.40. The SMILES string of the molecule is CCOCC(=O)N1CCC(Cn2cnc3cc(C)c(C)cc32)CC1. The Hall–Kier alpha value is -1.88. The van der Waals surface area contributed by atoms with Gasteiger partial charge in [0.25, 0.3) is 0 Å². The lowest BCUT2D eigenvalue weighted by molar-refractivity contribution is -0.137. The quantitative estimate of drug-likeness (QED) is 0.847. The van der Waals surface area contributed by atoms with Crippen LogP contribution in [-0.2, 0) is 16.1 Å². The number of likely N-dealkylation sites (tertiary alicyclic amines) is 1. The van der Waals surface area contributed by atoms with E-state index < -0.39 is 0 Å². The van der Waals surface area contributed by atoms with Crippen LogP contribution in [0.15, 0.2) is 18.5 Å². The first kappa shape index (κ1) is 17.0. The van der Waals surface area contributed by atoms with Crippen molar-refractivity contribution >= 4 is 16.9 Å². The molecule has 1 aromatic carbocycles. The smallest absolute Gasteiger partial charge is 0.248 e. The molecule has 1 aliphatic rings. The van der Waals surface area contributed by atoms with Crippen molar-refractivity contribution < 1.29 is 9.53 Å². The second-order valence-corrected chi connectivity index (χ2v) is 6.78. The van der Waals surface area contributed by atoms with E-state index in [1.54, 1.807) is 0 Å². The molecule has 0 aliphatic carbocycles. The topological polar surface area (TPSA) is 47.4 Å². The van der Waals surface area contributed by atoms with Crippen LogP contribution in [0.3, 0.4) is 0 Å². The molecule has 0 saturated carbocycles. The molecular weight excluding hydrogens is 302 g/mol. The van der Waals surface area contributed by atoms with Crippen molar-refractivity contribution in [1.82, 2.24) is 14.5 Å². The Kier molecular flexibility index (Phi) is 5.19. The third kappa shape index (κ3) is 3.61. The van der Waals surface area contributed by atoms with Gasteiger partial charge in [0.05, 0.1) is 17.4 Å². The third-order valence-corrected chi connectivity index (χ3v) is 5.09. The summed E-state index contributed by atoms with van der Waals surface area (Å²) in [5.74, 6) is 0.717. The number of ether oxygens (including phenoxy) is 1. The number of piperidine rings is 1. The first-order valence-corrected chi connectivity index (χ1v) is 8.86. The third-order valence-electron chi connectivity index (χ3n) is 5.09. The van der Waals surface area contributed by atoms with Gasteiger partial charge in [-0.2, -0.15) is 0 Å². The fraction of sp³-hybridized carbons (Fsp3) is 0.579. The highest BCUT2D eigenvalue weighted by Gasteiger charge is 2.23. The summed E-state index contributed by atoms with van der Waals surface area (Å²) < 4.78 is 7.49. The van der Waals surface area contributed by atoms with Gasteiger partial charge in [-0.25, -0.2) is 4.98 Å². The predicted octanol–water partition coefficient (Wildman–Crippen LogP) is 2.93. The fourth-order valence-electron chi connectivity index (χ4n) is 3.38. The molecule has 2 aromatic rings. The summed E-state index contributed by atoms with van der Waals surface area (Å²) in [7, 11) is 0. The Morgan fingerprint density at radius 2 is 1.96 bits per heavy atom. The van der Waals surface area contributed by atoms with Gasteiger partial charge < -0.3 is 14.2 Å². The Morgan fingerprint density at radius 3 is 2.67 bits per heavy atom. The van der Waals surface area contributed by atoms with E-state index in [1.807, 2.05) is 18.2 Å². The lowest BCUT2D eigenvalue weighted by atomic mass is 9.96. The summed E-state index contributed by atoms with van der Waals surface area (Å²) in [5, 5.41) is 0. The summed E-state index contributed by atoms with van der Waals surface area (Å²) in [4.78, 5) is 18.5. The van der Waals surface area contributed by atoms with Gasteiger partial charge in [0.1, 0.15) is 6.61 Å². The highest BCUT2D eigenvalue weighted by atomic mass is 16.5. The van der Waals surface area contributed by atoms with Crippen LogP contribution in [0, 0.1) is 19.8 Å². The number of aromatic nitrogens is 2. The first-order valence-electron chi connectivity index (χ1n) is 8.86. The molecule has 1 aromatic heterocycles. The van der Waals surface area contributed by atoms with Crippen LogP contribution in [0.4, 0.5) is 0 Å². The zero-order valence-electron chi connectivity index (χ0n) is 14.9. The lowest BCUT2D eigenvalue weighted by Crippen LogP contribution is -2.41. The summed E-state index contributed by atoms with van der Waals surface area (Å²) in [6.45, 7) is 9.64. The molecule has 1 saturated heterocycles. The first-order chi connectivity index (χ1) is 11.6. The van der Waals surface area contributed by atoms with E-state index in [0.29, 0.717) is 12.5 Å². The highest BCUT2D eigenvalue weighted by Crippen LogP contribution is 2.23. The number of aryl methyl sites for hydroxylation is 2. The molecule has 0 bridgehead atoms. The van der Waals surface area contributed by atoms with Crippen LogP contribution in [0.1, 0.15) is 30.9 Å². The van der Waals surface area contributed by atoms with Crippen LogP contribution < -0.4 is 0 Å². The molecule has 24 heavy (non-hydrogen) atoms. The van der Waals surface area contributed by atoms with Crippen molar-refractivity contribution in [2.24, 2.45) is 5.92 Å². The van der Waals surface area contributed by atoms with E-state index in [4.69, 9.17) is 4.74 Å². The molecule has 1 fully saturated rings. The Morgan fingerprint density at radius 1 is 1.25 bits per heavy atom. The Bertz CT molecular complexity index is 715. The van der Waals surface area contributed by atoms with Gasteiger partial charge in [0.15, 0.2) is 0 Å². The minimum atomic E-state index is 0.120. The molecule has 0 spiro atoms. The van der Waals surface area contributed by atoms with Crippen LogP contribution >= 0.6 is 0 Å². The zero-order valence-corrected chi connectivity index (χ0v) is 14.9. The van der Waals surface area contributed by atoms with Crippen molar-refractivity contribution in [1.29, 1.82) is 0 Å². The largest absolute Gasteiger partial charge is 0.372 e. The number of imidazole rings is 1. The fourth-order valence-corrected chi connectivity index (χ4v) is 3.38. The van der Waals surface area contributed by atoms with E-state index in [1.165, 1.54) is 16.6 Å². The van der Waals surface area contributed by atoms with Gasteiger partial charge in [0, 0.05) is 26.2 Å². The number of rotatable bonds is 5. The molecule has 5 heteroatoms. The average Bonchev–Trinajstić information content (AvgIpc) is 2.95. The van der Waals surface area contributed by atoms with E-state index >= 15 is 0 Å². The van der Waals surface area contributed by atoms with E-state index in [9.17, 15) is 4.79 Å². The maximum atomic E-state index is 12.0. The van der Waals surface area contributed by atoms with E-state index in [0.717, 1.165) is 38.0 Å². The minimum absolute atomic E-state index is 0.120. The molecule has 0 N–H and O–H groups in total. The van der Waals surface area contributed by atoms with Crippen molar-refractivity contribution in [2.45, 2.75) is 40.2 Å². The molecular formula is C19H27N3O2. The summed E-state index contributed by atoms with van der Waals surface area (Å²) in [5.41, 5.74) is 4.88. The second kappa shape index (κ2) is 7.34. The highest BCUT2D eigenvalue weighted by molar-refractivity contribution is 5.78. The Balaban J connectivity index is 1.60. The lowest BCUT2D eigenvalue weighted by Gasteiger charge is -2.32. The number of amides is 1. The summed E-state index contributed by atoms with van der Waals surface area (Å²) >= 11 is 0. The van der Waals surface area contributed by atoms with Crippen LogP contribution in [0.5, 0.6) is 0 Å². The molecule has 0 unspecified atom stereocenters. The molecule has 3 rings (SSSR count). The van der Waals surface area contributed by atoms with Gasteiger partial charge >= 0.3 is 0 Å². The average molecular weight is 329 g/mol. The number of carbonyl (C=O) groups excluding carboxylic acids is 1. The van der Waals surface area contributed by atoms with E-state index in [2.05, 4.69) is 35.5 Å². The number of benzene rings is 1. The molecule has 1 aliphatic heterocycles. The van der Waals surface area contributed by atoms with Crippen LogP contribution in [0.2, 0.25) is 0 Å². The summed E-state index contributed by atoms with van der Waals surface area (Å²) in [6.07, 6.45) is 4.04. The van der Waals surface area contributed by atoms with E-state index in [-0.39, 0.29) is 12.5 Å². The zero-order chi connectivity index (χ0) is 17.1. The van der Waals surface area contributed by atoms with Gasteiger partial charge in [0.2, 0.25) is 5.91 Å². The van der Waals surface area contributed by atoms with Crippen molar-refractivity contribution in [3.05, 3.63) is 29.6 Å².